The second-order valence-electron chi connectivity index (χ2n) is 15.2. The summed E-state index contributed by atoms with van der Waals surface area (Å²) in [5.41, 5.74) is -2.12. The zero-order valence-electron chi connectivity index (χ0n) is 26.6. The average molecular weight is 608 g/mol. The summed E-state index contributed by atoms with van der Waals surface area (Å²) in [7, 11) is 0. The van der Waals surface area contributed by atoms with Crippen molar-refractivity contribution in [3.05, 3.63) is 12.7 Å². The molecule has 0 aromatic carbocycles. The Labute approximate surface area is 256 Å². The first-order chi connectivity index (χ1) is 19.5. The van der Waals surface area contributed by atoms with Gasteiger partial charge in [-0.1, -0.05) is 33.8 Å². The molecule has 9 heteroatoms. The van der Waals surface area contributed by atoms with E-state index in [1.165, 1.54) is 11.8 Å². The van der Waals surface area contributed by atoms with Crippen LogP contribution in [-0.2, 0) is 19.1 Å². The molecule has 0 saturated heterocycles. The van der Waals surface area contributed by atoms with E-state index in [1.54, 1.807) is 6.08 Å². The molecule has 0 spiro atoms. The van der Waals surface area contributed by atoms with Crippen molar-refractivity contribution in [2.75, 3.05) is 5.75 Å². The summed E-state index contributed by atoms with van der Waals surface area (Å²) in [5, 5.41) is 25.3. The summed E-state index contributed by atoms with van der Waals surface area (Å²) in [5.74, 6) is -0.0973. The molecule has 0 aromatic heterocycles. The number of carbonyl (C=O) groups is 3. The number of carbonyl (C=O) groups excluding carboxylic acids is 3. The van der Waals surface area contributed by atoms with E-state index in [1.807, 2.05) is 27.7 Å². The van der Waals surface area contributed by atoms with Crippen molar-refractivity contribution in [3.8, 4) is 0 Å². The summed E-state index contributed by atoms with van der Waals surface area (Å²) in [6, 6.07) is -0.183. The third-order valence-corrected chi connectivity index (χ3v) is 12.7. The number of rotatable bonds is 6. The maximum absolute atomic E-state index is 13.6. The second-order valence-corrected chi connectivity index (χ2v) is 16.4. The standard InChI is InChI=1S/C33H53NO7S/c1-9-31(7)17-25(32(8)14-12-19(2)33(20(3)28(31)38)15-13-22(35)27(32)33)40-26(37)18-42-24-11-10-21(16-23(24)36)34-29(39)41-30(4,5)6/h9,19-21,23-25,27-28,36,38H,1,10-18H2,2-8H3,(H,34,39)/t19-,20+,21-,23-,24-,25-,27+,28+,31-,32+,33+/m1/s1. The van der Waals surface area contributed by atoms with Crippen molar-refractivity contribution < 1.29 is 34.1 Å². The highest BCUT2D eigenvalue weighted by Gasteiger charge is 2.68. The first-order valence-electron chi connectivity index (χ1n) is 15.8. The number of alkyl carbamates (subject to hydrolysis) is 1. The monoisotopic (exact) mass is 607 g/mol. The lowest BCUT2D eigenvalue weighted by atomic mass is 9.43. The predicted octanol–water partition coefficient (Wildman–Crippen LogP) is 5.43. The highest BCUT2D eigenvalue weighted by atomic mass is 32.2. The Hall–Kier alpha value is -1.58. The number of hydrogen-bond donors (Lipinski definition) is 3. The number of aliphatic hydroxyl groups excluding tert-OH is 2. The van der Waals surface area contributed by atoms with Gasteiger partial charge in [0.15, 0.2) is 0 Å². The molecule has 4 aliphatic carbocycles. The van der Waals surface area contributed by atoms with Crippen LogP contribution >= 0.6 is 11.8 Å². The van der Waals surface area contributed by atoms with Crippen LogP contribution in [0.2, 0.25) is 0 Å². The topological polar surface area (TPSA) is 122 Å². The second kappa shape index (κ2) is 12.1. The van der Waals surface area contributed by atoms with Gasteiger partial charge in [-0.3, -0.25) is 9.59 Å². The normalized spacial score (nSPS) is 43.9. The zero-order chi connectivity index (χ0) is 31.3. The van der Waals surface area contributed by atoms with E-state index in [0.29, 0.717) is 32.1 Å². The number of aliphatic hydroxyl groups is 2. The Kier molecular flexibility index (Phi) is 9.58. The molecule has 4 fully saturated rings. The van der Waals surface area contributed by atoms with Crippen LogP contribution in [0, 0.1) is 34.0 Å². The van der Waals surface area contributed by atoms with Crippen molar-refractivity contribution in [2.24, 2.45) is 34.0 Å². The van der Waals surface area contributed by atoms with Gasteiger partial charge in [0.05, 0.1) is 18.0 Å². The van der Waals surface area contributed by atoms with Gasteiger partial charge in [0, 0.05) is 34.5 Å². The molecule has 0 unspecified atom stereocenters. The lowest BCUT2D eigenvalue weighted by Gasteiger charge is -2.62. The Morgan fingerprint density at radius 3 is 2.45 bits per heavy atom. The molecular weight excluding hydrogens is 554 g/mol. The quantitative estimate of drug-likeness (QED) is 0.270. The van der Waals surface area contributed by atoms with Crippen LogP contribution in [0.4, 0.5) is 4.79 Å². The van der Waals surface area contributed by atoms with Crippen LogP contribution in [0.25, 0.3) is 0 Å². The van der Waals surface area contributed by atoms with Crippen molar-refractivity contribution in [1.82, 2.24) is 5.32 Å². The van der Waals surface area contributed by atoms with Crippen molar-refractivity contribution >= 4 is 29.6 Å². The minimum absolute atomic E-state index is 0.0831. The maximum atomic E-state index is 13.6. The first kappa shape index (κ1) is 33.3. The van der Waals surface area contributed by atoms with Gasteiger partial charge in [-0.25, -0.2) is 4.79 Å². The molecule has 8 nitrogen and oxygen atoms in total. The van der Waals surface area contributed by atoms with Gasteiger partial charge in [0.1, 0.15) is 17.5 Å². The maximum Gasteiger partial charge on any atom is 0.407 e. The minimum atomic E-state index is -0.705. The Balaban J connectivity index is 1.45. The van der Waals surface area contributed by atoms with Crippen LogP contribution in [0.15, 0.2) is 12.7 Å². The SMILES string of the molecule is C=C[C@]1(C)C[C@@H](OC(=O)CS[C@@H]2CC[C@@H](NC(=O)OC(C)(C)C)C[C@H]2O)[C@]2(C)CC[C@@H](C)[C@@]3(CCC(=O)[C@@H]23)[C@@H](C)[C@@H]1O. The number of ketones is 1. The number of ether oxygens (including phenoxy) is 2. The molecule has 3 N–H and O–H groups in total. The van der Waals surface area contributed by atoms with Gasteiger partial charge in [-0.2, -0.15) is 0 Å². The van der Waals surface area contributed by atoms with E-state index < -0.39 is 40.8 Å². The molecule has 1 amide bonds. The molecule has 42 heavy (non-hydrogen) atoms. The van der Waals surface area contributed by atoms with E-state index in [4.69, 9.17) is 9.47 Å². The van der Waals surface area contributed by atoms with Crippen molar-refractivity contribution in [1.29, 1.82) is 0 Å². The number of thioether (sulfide) groups is 1. The van der Waals surface area contributed by atoms with Crippen LogP contribution < -0.4 is 5.32 Å². The third-order valence-electron chi connectivity index (χ3n) is 11.3. The van der Waals surface area contributed by atoms with Crippen LogP contribution in [0.3, 0.4) is 0 Å². The van der Waals surface area contributed by atoms with E-state index in [-0.39, 0.29) is 52.0 Å². The fourth-order valence-corrected chi connectivity index (χ4v) is 10.0. The summed E-state index contributed by atoms with van der Waals surface area (Å²) in [6.45, 7) is 17.9. The van der Waals surface area contributed by atoms with Gasteiger partial charge in [-0.15, -0.1) is 18.3 Å². The van der Waals surface area contributed by atoms with Crippen LogP contribution in [0.1, 0.15) is 99.8 Å². The van der Waals surface area contributed by atoms with Gasteiger partial charge in [0.25, 0.3) is 0 Å². The summed E-state index contributed by atoms with van der Waals surface area (Å²) < 4.78 is 11.6. The number of amides is 1. The Morgan fingerprint density at radius 1 is 1.14 bits per heavy atom. The first-order valence-corrected chi connectivity index (χ1v) is 16.8. The van der Waals surface area contributed by atoms with Crippen LogP contribution in [0.5, 0.6) is 0 Å². The molecule has 4 rings (SSSR count). The predicted molar refractivity (Wildman–Crippen MR) is 164 cm³/mol. The molecule has 0 aromatic rings. The molecule has 0 radical (unpaired) electrons. The van der Waals surface area contributed by atoms with E-state index in [0.717, 1.165) is 19.3 Å². The summed E-state index contributed by atoms with van der Waals surface area (Å²) in [4.78, 5) is 39.1. The largest absolute Gasteiger partial charge is 0.461 e. The van der Waals surface area contributed by atoms with E-state index in [2.05, 4.69) is 32.7 Å². The van der Waals surface area contributed by atoms with Gasteiger partial charge in [-0.05, 0) is 83.0 Å². The van der Waals surface area contributed by atoms with E-state index in [9.17, 15) is 24.6 Å². The summed E-state index contributed by atoms with van der Waals surface area (Å²) >= 11 is 1.39. The fraction of sp³-hybridized carbons (Fsp3) is 0.848. The fourth-order valence-electron chi connectivity index (χ4n) is 8.95. The van der Waals surface area contributed by atoms with Crippen molar-refractivity contribution in [3.63, 3.8) is 0 Å². The number of nitrogens with one attached hydrogen (secondary N) is 1. The summed E-state index contributed by atoms with van der Waals surface area (Å²) in [6.07, 6.45) is 4.53. The Bertz CT molecular complexity index is 1060. The highest BCUT2D eigenvalue weighted by Crippen LogP contribution is 2.68. The van der Waals surface area contributed by atoms with Gasteiger partial charge in [0.2, 0.25) is 0 Å². The molecule has 0 aliphatic heterocycles. The lowest BCUT2D eigenvalue weighted by molar-refractivity contribution is -0.203. The van der Waals surface area contributed by atoms with Gasteiger partial charge >= 0.3 is 12.1 Å². The molecule has 2 bridgehead atoms. The highest BCUT2D eigenvalue weighted by molar-refractivity contribution is 8.00. The van der Waals surface area contributed by atoms with Crippen molar-refractivity contribution in [2.45, 2.75) is 135 Å². The molecule has 238 valence electrons. The van der Waals surface area contributed by atoms with Crippen LogP contribution in [-0.4, -0.2) is 69.0 Å². The zero-order valence-corrected chi connectivity index (χ0v) is 27.4. The molecule has 11 atom stereocenters. The van der Waals surface area contributed by atoms with Gasteiger partial charge < -0.3 is 25.0 Å². The molecule has 4 aliphatic rings. The molecular formula is C33H53NO7S. The smallest absolute Gasteiger partial charge is 0.407 e. The number of hydrogen-bond acceptors (Lipinski definition) is 8. The average Bonchev–Trinajstić information content (AvgIpc) is 3.27. The number of Topliss-reactive ketones (excluding diaryl/α,β-unsaturated/α-hetero) is 1. The minimum Gasteiger partial charge on any atom is -0.461 e. The van der Waals surface area contributed by atoms with E-state index >= 15 is 0 Å². The lowest BCUT2D eigenvalue weighted by Crippen LogP contribution is -2.63. The number of esters is 1. The Morgan fingerprint density at radius 2 is 1.83 bits per heavy atom. The third kappa shape index (κ3) is 6.16. The molecule has 0 heterocycles. The molecule has 4 saturated carbocycles.